The van der Waals surface area contributed by atoms with Crippen molar-refractivity contribution in [1.82, 2.24) is 19.6 Å². The summed E-state index contributed by atoms with van der Waals surface area (Å²) in [5.74, 6) is 0. The fourth-order valence-electron chi connectivity index (χ4n) is 1.46. The third-order valence-electron chi connectivity index (χ3n) is 2.24. The predicted molar refractivity (Wildman–Crippen MR) is 75.8 cm³/mol. The number of imidazole rings is 1. The van der Waals surface area contributed by atoms with E-state index in [4.69, 9.17) is 5.14 Å². The highest BCUT2D eigenvalue weighted by Crippen LogP contribution is 2.22. The van der Waals surface area contributed by atoms with Gasteiger partial charge in [0.1, 0.15) is 0 Å². The van der Waals surface area contributed by atoms with Gasteiger partial charge in [0.2, 0.25) is 9.30 Å². The third-order valence-corrected chi connectivity index (χ3v) is 4.48. The number of sulfonamides is 1. The van der Waals surface area contributed by atoms with Crippen LogP contribution in [0.3, 0.4) is 0 Å². The van der Waals surface area contributed by atoms with Crippen LogP contribution in [0.1, 0.15) is 0 Å². The Labute approximate surface area is 122 Å². The van der Waals surface area contributed by atoms with Gasteiger partial charge in [-0.05, 0) is 12.1 Å². The molecule has 0 aliphatic heterocycles. The number of fused-ring (bicyclic) bond motifs is 1. The average molecular weight is 362 g/mol. The smallest absolute Gasteiger partial charge is 0.265 e. The molecule has 100 valence electrons. The van der Waals surface area contributed by atoms with Gasteiger partial charge in [-0.25, -0.2) is 23.1 Å². The topological polar surface area (TPSA) is 103 Å². The van der Waals surface area contributed by atoms with E-state index >= 15 is 0 Å². The number of hydrogen-bond donors (Lipinski definition) is 1. The largest absolute Gasteiger partial charge is 0.267 e. The highest BCUT2D eigenvalue weighted by Gasteiger charge is 2.16. The Morgan fingerprint density at radius 3 is 2.53 bits per heavy atom. The quantitative estimate of drug-likeness (QED) is 0.735. The number of nitrogens with zero attached hydrogens (tertiary/aromatic N) is 4. The van der Waals surface area contributed by atoms with Gasteiger partial charge in [0.15, 0.2) is 0 Å². The molecule has 0 bridgehead atoms. The monoisotopic (exact) mass is 361 g/mol. The van der Waals surface area contributed by atoms with Gasteiger partial charge in [-0.2, -0.15) is 0 Å². The van der Waals surface area contributed by atoms with E-state index in [2.05, 4.69) is 15.1 Å². The second kappa shape index (κ2) is 4.96. The van der Waals surface area contributed by atoms with Gasteiger partial charge in [-0.1, -0.05) is 11.3 Å². The zero-order chi connectivity index (χ0) is 12.8. The summed E-state index contributed by atoms with van der Waals surface area (Å²) in [6.07, 6.45) is 4.97. The Balaban J connectivity index is 0.00000133. The van der Waals surface area contributed by atoms with Crippen molar-refractivity contribution in [3.63, 3.8) is 0 Å². The number of primary sulfonamides is 1. The maximum atomic E-state index is 11.1. The van der Waals surface area contributed by atoms with Gasteiger partial charge in [-0.15, -0.1) is 22.1 Å². The van der Waals surface area contributed by atoms with Crippen LogP contribution >= 0.6 is 28.3 Å². The molecule has 0 fully saturated rings. The van der Waals surface area contributed by atoms with Gasteiger partial charge in [-0.3, -0.25) is 4.98 Å². The number of nitrogens with two attached hydrogens (primary N) is 1. The zero-order valence-corrected chi connectivity index (χ0v) is 12.6. The van der Waals surface area contributed by atoms with E-state index < -0.39 is 10.0 Å². The fraction of sp³-hybridized carbons (Fsp3) is 0. The summed E-state index contributed by atoms with van der Waals surface area (Å²) in [7, 11) is -3.78. The molecule has 0 amide bonds. The van der Waals surface area contributed by atoms with E-state index in [9.17, 15) is 8.42 Å². The first-order chi connectivity index (χ1) is 8.54. The van der Waals surface area contributed by atoms with Gasteiger partial charge in [0.25, 0.3) is 10.0 Å². The normalized spacial score (nSPS) is 11.4. The van der Waals surface area contributed by atoms with E-state index in [1.165, 1.54) is 4.52 Å². The average Bonchev–Trinajstić information content (AvgIpc) is 2.86. The van der Waals surface area contributed by atoms with Crippen molar-refractivity contribution in [3.05, 3.63) is 30.7 Å². The lowest BCUT2D eigenvalue weighted by molar-refractivity contribution is 0.595. The van der Waals surface area contributed by atoms with Crippen molar-refractivity contribution in [2.75, 3.05) is 0 Å². The first kappa shape index (κ1) is 14.1. The zero-order valence-electron chi connectivity index (χ0n) is 9.29. The van der Waals surface area contributed by atoms with Gasteiger partial charge in [0.05, 0.1) is 11.9 Å². The van der Waals surface area contributed by atoms with Crippen LogP contribution in [0.2, 0.25) is 0 Å². The molecule has 19 heavy (non-hydrogen) atoms. The first-order valence-electron chi connectivity index (χ1n) is 4.83. The molecule has 0 aliphatic carbocycles. The van der Waals surface area contributed by atoms with Crippen molar-refractivity contribution >= 4 is 43.3 Å². The molecule has 3 heterocycles. The summed E-state index contributed by atoms with van der Waals surface area (Å²) in [5.41, 5.74) is 1.59. The molecule has 0 atom stereocenters. The second-order valence-electron chi connectivity index (χ2n) is 3.50. The number of halogens is 1. The van der Waals surface area contributed by atoms with E-state index in [-0.39, 0.29) is 21.3 Å². The number of hydrogen-bond acceptors (Lipinski definition) is 6. The van der Waals surface area contributed by atoms with E-state index in [1.807, 2.05) is 12.1 Å². The highest BCUT2D eigenvalue weighted by molar-refractivity contribution is 8.93. The summed E-state index contributed by atoms with van der Waals surface area (Å²) in [4.78, 5) is 8.68. The van der Waals surface area contributed by atoms with Crippen LogP contribution in [-0.4, -0.2) is 28.0 Å². The molecule has 0 radical (unpaired) electrons. The standard InChI is InChI=1S/C9H7N5O2S2.BrH/c10-18(15,16)9-13-14-5-7(12-8(14)17-9)6-1-3-11-4-2-6;/h1-5H,(H2,10,15,16);1H. The Bertz CT molecular complexity index is 780. The summed E-state index contributed by atoms with van der Waals surface area (Å²) < 4.78 is 23.5. The molecule has 7 nitrogen and oxygen atoms in total. The summed E-state index contributed by atoms with van der Waals surface area (Å²) in [5, 5.41) is 8.87. The minimum Gasteiger partial charge on any atom is -0.265 e. The molecule has 0 aliphatic rings. The lowest BCUT2D eigenvalue weighted by Crippen LogP contribution is -2.12. The van der Waals surface area contributed by atoms with Crippen molar-refractivity contribution in [2.24, 2.45) is 5.14 Å². The predicted octanol–water partition coefficient (Wildman–Crippen LogP) is 1.08. The van der Waals surface area contributed by atoms with Crippen molar-refractivity contribution in [3.8, 4) is 11.3 Å². The maximum Gasteiger partial charge on any atom is 0.267 e. The van der Waals surface area contributed by atoms with Crippen molar-refractivity contribution in [2.45, 2.75) is 4.34 Å². The maximum absolute atomic E-state index is 11.1. The van der Waals surface area contributed by atoms with Crippen LogP contribution in [0, 0.1) is 0 Å². The van der Waals surface area contributed by atoms with Crippen molar-refractivity contribution in [1.29, 1.82) is 0 Å². The fourth-order valence-corrected chi connectivity index (χ4v) is 2.96. The van der Waals surface area contributed by atoms with E-state index in [0.717, 1.165) is 16.9 Å². The molecule has 2 N–H and O–H groups in total. The SMILES string of the molecule is Br.NS(=O)(=O)c1nn2cc(-c3ccncc3)nc2s1. The van der Waals surface area contributed by atoms with Crippen LogP contribution in [-0.2, 0) is 10.0 Å². The molecule has 3 aromatic heterocycles. The van der Waals surface area contributed by atoms with Crippen LogP contribution in [0.15, 0.2) is 35.1 Å². The van der Waals surface area contributed by atoms with Crippen LogP contribution in [0.4, 0.5) is 0 Å². The molecular weight excluding hydrogens is 354 g/mol. The van der Waals surface area contributed by atoms with Gasteiger partial charge in [0, 0.05) is 18.0 Å². The Morgan fingerprint density at radius 1 is 1.26 bits per heavy atom. The molecule has 0 saturated heterocycles. The number of pyridine rings is 1. The van der Waals surface area contributed by atoms with Crippen LogP contribution < -0.4 is 5.14 Å². The van der Waals surface area contributed by atoms with E-state index in [1.54, 1.807) is 18.6 Å². The lowest BCUT2D eigenvalue weighted by atomic mass is 10.2. The molecule has 0 spiro atoms. The molecule has 3 aromatic rings. The Kier molecular flexibility index (Phi) is 3.67. The molecule has 0 saturated carbocycles. The van der Waals surface area contributed by atoms with Crippen molar-refractivity contribution < 1.29 is 8.42 Å². The molecule has 10 heteroatoms. The number of rotatable bonds is 2. The summed E-state index contributed by atoms with van der Waals surface area (Å²) in [6, 6.07) is 3.63. The Morgan fingerprint density at radius 2 is 1.95 bits per heavy atom. The summed E-state index contributed by atoms with van der Waals surface area (Å²) >= 11 is 0.932. The summed E-state index contributed by atoms with van der Waals surface area (Å²) in [6.45, 7) is 0. The minimum atomic E-state index is -3.78. The van der Waals surface area contributed by atoms with Crippen LogP contribution in [0.5, 0.6) is 0 Å². The molecule has 3 rings (SSSR count). The minimum absolute atomic E-state index is 0. The highest BCUT2D eigenvalue weighted by atomic mass is 79.9. The van der Waals surface area contributed by atoms with E-state index in [0.29, 0.717) is 10.7 Å². The molecular formula is C9H8BrN5O2S2. The van der Waals surface area contributed by atoms with Gasteiger partial charge < -0.3 is 0 Å². The first-order valence-corrected chi connectivity index (χ1v) is 7.20. The van der Waals surface area contributed by atoms with Crippen LogP contribution in [0.25, 0.3) is 16.2 Å². The number of aromatic nitrogens is 4. The molecule has 0 aromatic carbocycles. The lowest BCUT2D eigenvalue weighted by Gasteiger charge is -1.92. The third kappa shape index (κ3) is 2.66. The van der Waals surface area contributed by atoms with Gasteiger partial charge >= 0.3 is 0 Å². The second-order valence-corrected chi connectivity index (χ2v) is 6.19. The Hall–Kier alpha value is -1.36. The molecule has 0 unspecified atom stereocenters.